The van der Waals surface area contributed by atoms with E-state index in [9.17, 15) is 9.59 Å². The summed E-state index contributed by atoms with van der Waals surface area (Å²) in [7, 11) is 0. The second kappa shape index (κ2) is 10.6. The largest absolute Gasteiger partial charge is 0.361 e. The molecule has 0 unspecified atom stereocenters. The topological polar surface area (TPSA) is 126 Å². The second-order valence-corrected chi connectivity index (χ2v) is 9.92. The zero-order valence-corrected chi connectivity index (χ0v) is 21.0. The smallest absolute Gasteiger partial charge is 0.290 e. The first-order valence-electron chi connectivity index (χ1n) is 11.9. The molecule has 2 fully saturated rings. The predicted octanol–water partition coefficient (Wildman–Crippen LogP) is 3.47. The minimum atomic E-state index is -0.385. The van der Waals surface area contributed by atoms with Gasteiger partial charge in [-0.2, -0.15) is 0 Å². The quantitative estimate of drug-likeness (QED) is 0.461. The van der Waals surface area contributed by atoms with Crippen molar-refractivity contribution in [1.82, 2.24) is 30.7 Å². The fourth-order valence-corrected chi connectivity index (χ4v) is 5.12. The van der Waals surface area contributed by atoms with E-state index in [0.717, 1.165) is 72.6 Å². The van der Waals surface area contributed by atoms with Crippen molar-refractivity contribution in [3.63, 3.8) is 0 Å². The first-order chi connectivity index (χ1) is 17.5. The normalized spacial score (nSPS) is 17.7. The summed E-state index contributed by atoms with van der Waals surface area (Å²) in [6, 6.07) is 7.77. The highest BCUT2D eigenvalue weighted by molar-refractivity contribution is 8.18. The fourth-order valence-electron chi connectivity index (χ4n) is 4.46. The van der Waals surface area contributed by atoms with Gasteiger partial charge in [0, 0.05) is 25.8 Å². The van der Waals surface area contributed by atoms with E-state index < -0.39 is 0 Å². The van der Waals surface area contributed by atoms with Gasteiger partial charge in [-0.1, -0.05) is 11.2 Å². The van der Waals surface area contributed by atoms with E-state index in [2.05, 4.69) is 30.7 Å². The number of hydrogen-bond acceptors (Lipinski definition) is 10. The number of carbonyl (C=O) groups is 2. The molecule has 3 aromatic rings. The number of nitrogens with one attached hydrogen (secondary N) is 2. The average Bonchev–Trinajstić information content (AvgIpc) is 3.38. The first-order valence-corrected chi connectivity index (χ1v) is 12.7. The molecular weight excluding hydrogens is 478 g/mol. The molecule has 0 spiro atoms. The Bertz CT molecular complexity index is 1290. The third-order valence-electron chi connectivity index (χ3n) is 6.32. The van der Waals surface area contributed by atoms with Gasteiger partial charge in [-0.3, -0.25) is 19.9 Å². The molecule has 11 heteroatoms. The van der Waals surface area contributed by atoms with Crippen molar-refractivity contribution in [2.45, 2.75) is 33.2 Å². The maximum atomic E-state index is 11.8. The number of rotatable bonds is 7. The van der Waals surface area contributed by atoms with Crippen LogP contribution < -0.4 is 15.5 Å². The van der Waals surface area contributed by atoms with E-state index >= 15 is 0 Å². The number of piperidine rings is 1. The minimum Gasteiger partial charge on any atom is -0.361 e. The second-order valence-electron chi connectivity index (χ2n) is 8.91. The lowest BCUT2D eigenvalue weighted by atomic mass is 9.97. The molecule has 2 aliphatic rings. The van der Waals surface area contributed by atoms with Crippen LogP contribution in [0.4, 0.5) is 10.7 Å². The monoisotopic (exact) mass is 505 g/mol. The molecule has 0 bridgehead atoms. The Labute approximate surface area is 213 Å². The standard InChI is InChI=1S/C25H27N7O3S/c1-15-22(16(2)35-31-15)20-5-3-4-19(28-20)14-26-13-17-7-10-32(11-8-17)24-27-9-6-18(29-24)12-21-23(33)30-25(34)36-21/h3-6,9,12,17,26H,7-8,10-11,13-14H2,1-2H3,(H,30,33,34)/b21-12+. The van der Waals surface area contributed by atoms with E-state index in [1.807, 2.05) is 32.0 Å². The lowest BCUT2D eigenvalue weighted by Crippen LogP contribution is -2.38. The molecule has 2 aliphatic heterocycles. The van der Waals surface area contributed by atoms with Gasteiger partial charge in [0.2, 0.25) is 5.95 Å². The van der Waals surface area contributed by atoms with Crippen LogP contribution in [0.1, 0.15) is 35.7 Å². The highest BCUT2D eigenvalue weighted by atomic mass is 32.2. The predicted molar refractivity (Wildman–Crippen MR) is 137 cm³/mol. The van der Waals surface area contributed by atoms with Crippen molar-refractivity contribution >= 4 is 34.9 Å². The number of aromatic nitrogens is 4. The number of pyridine rings is 1. The maximum Gasteiger partial charge on any atom is 0.290 e. The van der Waals surface area contributed by atoms with Crippen LogP contribution in [0.25, 0.3) is 17.3 Å². The van der Waals surface area contributed by atoms with Crippen molar-refractivity contribution in [3.8, 4) is 11.3 Å². The summed E-state index contributed by atoms with van der Waals surface area (Å²) >= 11 is 0.886. The Kier molecular flexibility index (Phi) is 7.10. The van der Waals surface area contributed by atoms with Gasteiger partial charge >= 0.3 is 0 Å². The van der Waals surface area contributed by atoms with E-state index in [4.69, 9.17) is 9.51 Å². The number of carbonyl (C=O) groups excluding carboxylic acids is 2. The number of hydrogen-bond donors (Lipinski definition) is 2. The van der Waals surface area contributed by atoms with Gasteiger partial charge in [0.15, 0.2) is 0 Å². The van der Waals surface area contributed by atoms with Gasteiger partial charge in [0.1, 0.15) is 5.76 Å². The molecule has 10 nitrogen and oxygen atoms in total. The van der Waals surface area contributed by atoms with Crippen LogP contribution in [0.3, 0.4) is 0 Å². The molecule has 186 valence electrons. The molecule has 36 heavy (non-hydrogen) atoms. The average molecular weight is 506 g/mol. The number of imide groups is 1. The number of nitrogens with zero attached hydrogens (tertiary/aromatic N) is 5. The molecule has 2 saturated heterocycles. The molecule has 5 heterocycles. The minimum absolute atomic E-state index is 0.348. The third-order valence-corrected chi connectivity index (χ3v) is 7.13. The van der Waals surface area contributed by atoms with Crippen LogP contribution in [0.15, 0.2) is 39.9 Å². The molecule has 0 aromatic carbocycles. The summed E-state index contributed by atoms with van der Waals surface area (Å²) in [5.41, 5.74) is 4.30. The van der Waals surface area contributed by atoms with Gasteiger partial charge in [0.25, 0.3) is 11.1 Å². The summed E-state index contributed by atoms with van der Waals surface area (Å²) in [5, 5.41) is 9.49. The fraction of sp³-hybridized carbons (Fsp3) is 0.360. The number of thioether (sulfide) groups is 1. The summed E-state index contributed by atoms with van der Waals surface area (Å²) < 4.78 is 5.28. The van der Waals surface area contributed by atoms with Gasteiger partial charge in [0.05, 0.1) is 33.2 Å². The lowest BCUT2D eigenvalue weighted by Gasteiger charge is -2.32. The summed E-state index contributed by atoms with van der Waals surface area (Å²) in [4.78, 5) is 39.5. The lowest BCUT2D eigenvalue weighted by molar-refractivity contribution is -0.115. The Balaban J connectivity index is 1.12. The van der Waals surface area contributed by atoms with Crippen molar-refractivity contribution in [2.24, 2.45) is 5.92 Å². The molecule has 3 aromatic heterocycles. The van der Waals surface area contributed by atoms with E-state index in [-0.39, 0.29) is 11.1 Å². The van der Waals surface area contributed by atoms with Crippen molar-refractivity contribution in [3.05, 3.63) is 58.2 Å². The van der Waals surface area contributed by atoms with E-state index in [1.165, 1.54) is 0 Å². The van der Waals surface area contributed by atoms with Gasteiger partial charge in [-0.15, -0.1) is 0 Å². The van der Waals surface area contributed by atoms with Crippen molar-refractivity contribution in [1.29, 1.82) is 0 Å². The Morgan fingerprint density at radius 1 is 1.19 bits per heavy atom. The van der Waals surface area contributed by atoms with Crippen LogP contribution in [-0.2, 0) is 11.3 Å². The summed E-state index contributed by atoms with van der Waals surface area (Å²) in [5.74, 6) is 1.60. The Hall–Kier alpha value is -3.57. The van der Waals surface area contributed by atoms with Crippen molar-refractivity contribution in [2.75, 3.05) is 24.5 Å². The highest BCUT2D eigenvalue weighted by Crippen LogP contribution is 2.27. The zero-order valence-electron chi connectivity index (χ0n) is 20.2. The number of anilines is 1. The molecule has 2 amide bonds. The summed E-state index contributed by atoms with van der Waals surface area (Å²) in [6.45, 7) is 7.17. The maximum absolute atomic E-state index is 11.8. The molecule has 0 saturated carbocycles. The molecule has 0 atom stereocenters. The molecule has 5 rings (SSSR count). The highest BCUT2D eigenvalue weighted by Gasteiger charge is 2.26. The number of amides is 2. The molecule has 0 radical (unpaired) electrons. The van der Waals surface area contributed by atoms with Gasteiger partial charge in [-0.25, -0.2) is 9.97 Å². The van der Waals surface area contributed by atoms with Gasteiger partial charge in [-0.05, 0) is 75.2 Å². The van der Waals surface area contributed by atoms with Crippen LogP contribution in [0.5, 0.6) is 0 Å². The zero-order chi connectivity index (χ0) is 25.1. The Morgan fingerprint density at radius 3 is 2.75 bits per heavy atom. The Morgan fingerprint density at radius 2 is 2.03 bits per heavy atom. The van der Waals surface area contributed by atoms with Crippen LogP contribution in [0, 0.1) is 19.8 Å². The van der Waals surface area contributed by atoms with Gasteiger partial charge < -0.3 is 14.7 Å². The number of aryl methyl sites for hydroxylation is 2. The van der Waals surface area contributed by atoms with E-state index in [1.54, 1.807) is 18.3 Å². The molecule has 2 N–H and O–H groups in total. The molecular formula is C25H27N7O3S. The van der Waals surface area contributed by atoms with Crippen LogP contribution >= 0.6 is 11.8 Å². The SMILES string of the molecule is Cc1noc(C)c1-c1cccc(CNCC2CCN(c3nccc(/C=C4/SC(=O)NC4=O)n3)CC2)n1. The van der Waals surface area contributed by atoms with Crippen LogP contribution in [0.2, 0.25) is 0 Å². The molecule has 0 aliphatic carbocycles. The van der Waals surface area contributed by atoms with E-state index in [0.29, 0.717) is 29.0 Å². The first kappa shape index (κ1) is 24.1. The van der Waals surface area contributed by atoms with Crippen molar-refractivity contribution < 1.29 is 14.1 Å². The summed E-state index contributed by atoms with van der Waals surface area (Å²) in [6.07, 6.45) is 5.37. The third kappa shape index (κ3) is 5.47. The van der Waals surface area contributed by atoms with Crippen LogP contribution in [-0.4, -0.2) is 50.9 Å².